The van der Waals surface area contributed by atoms with E-state index < -0.39 is 0 Å². The summed E-state index contributed by atoms with van der Waals surface area (Å²) in [6.45, 7) is 5.69. The Labute approximate surface area is 131 Å². The van der Waals surface area contributed by atoms with Crippen molar-refractivity contribution in [2.24, 2.45) is 0 Å². The highest BCUT2D eigenvalue weighted by Gasteiger charge is 2.10. The number of carbonyl (C=O) groups is 1. The molecule has 1 heterocycles. The largest absolute Gasteiger partial charge is 0.377 e. The summed E-state index contributed by atoms with van der Waals surface area (Å²) >= 11 is 5.19. The molecule has 0 aliphatic carbocycles. The molecule has 106 valence electrons. The summed E-state index contributed by atoms with van der Waals surface area (Å²) in [5, 5.41) is 8.37. The van der Waals surface area contributed by atoms with Gasteiger partial charge in [-0.05, 0) is 53.5 Å². The normalized spacial score (nSPS) is 12.0. The maximum atomic E-state index is 11.1. The standard InChI is InChI=1S/C15H17BrN2OS/c1-9-4-5-13(18-11(3)19)7-14(9)17-10(2)15-6-12(16)8-20-15/h4-8,10,17H,1-3H3,(H,18,19). The van der Waals surface area contributed by atoms with Crippen LogP contribution in [0, 0.1) is 6.92 Å². The molecule has 1 unspecified atom stereocenters. The van der Waals surface area contributed by atoms with Crippen LogP contribution in [0.25, 0.3) is 0 Å². The molecular formula is C15H17BrN2OS. The molecule has 0 radical (unpaired) electrons. The van der Waals surface area contributed by atoms with Crippen LogP contribution in [0.4, 0.5) is 11.4 Å². The maximum Gasteiger partial charge on any atom is 0.221 e. The monoisotopic (exact) mass is 352 g/mol. The van der Waals surface area contributed by atoms with Gasteiger partial charge in [-0.1, -0.05) is 6.07 Å². The quantitative estimate of drug-likeness (QED) is 0.817. The van der Waals surface area contributed by atoms with Crippen molar-refractivity contribution >= 4 is 44.5 Å². The second kappa shape index (κ2) is 6.41. The van der Waals surface area contributed by atoms with E-state index in [1.54, 1.807) is 11.3 Å². The molecule has 5 heteroatoms. The molecule has 1 aromatic heterocycles. The van der Waals surface area contributed by atoms with Crippen molar-refractivity contribution < 1.29 is 4.79 Å². The first-order chi connectivity index (χ1) is 9.45. The molecule has 2 rings (SSSR count). The Bertz CT molecular complexity index is 624. The first kappa shape index (κ1) is 15.1. The van der Waals surface area contributed by atoms with E-state index in [2.05, 4.69) is 51.9 Å². The SMILES string of the molecule is CC(=O)Nc1ccc(C)c(NC(C)c2cc(Br)cs2)c1. The molecule has 2 aromatic rings. The van der Waals surface area contributed by atoms with Crippen molar-refractivity contribution in [3.8, 4) is 0 Å². The highest BCUT2D eigenvalue weighted by Crippen LogP contribution is 2.30. The zero-order chi connectivity index (χ0) is 14.7. The second-order valence-corrected chi connectivity index (χ2v) is 6.60. The fraction of sp³-hybridized carbons (Fsp3) is 0.267. The van der Waals surface area contributed by atoms with Crippen LogP contribution in [0.1, 0.15) is 30.3 Å². The van der Waals surface area contributed by atoms with E-state index in [0.29, 0.717) is 0 Å². The minimum Gasteiger partial charge on any atom is -0.377 e. The molecule has 0 aliphatic rings. The predicted molar refractivity (Wildman–Crippen MR) is 89.5 cm³/mol. The first-order valence-electron chi connectivity index (χ1n) is 6.34. The number of nitrogens with one attached hydrogen (secondary N) is 2. The van der Waals surface area contributed by atoms with Gasteiger partial charge in [0, 0.05) is 33.0 Å². The third-order valence-electron chi connectivity index (χ3n) is 2.94. The fourth-order valence-corrected chi connectivity index (χ4v) is 3.37. The van der Waals surface area contributed by atoms with Gasteiger partial charge >= 0.3 is 0 Å². The van der Waals surface area contributed by atoms with E-state index >= 15 is 0 Å². The van der Waals surface area contributed by atoms with E-state index in [1.807, 2.05) is 18.2 Å². The van der Waals surface area contributed by atoms with Gasteiger partial charge in [0.25, 0.3) is 0 Å². The Morgan fingerprint density at radius 1 is 1.35 bits per heavy atom. The molecule has 20 heavy (non-hydrogen) atoms. The molecular weight excluding hydrogens is 336 g/mol. The van der Waals surface area contributed by atoms with Gasteiger partial charge < -0.3 is 10.6 Å². The summed E-state index contributed by atoms with van der Waals surface area (Å²) in [6.07, 6.45) is 0. The van der Waals surface area contributed by atoms with E-state index in [0.717, 1.165) is 21.4 Å². The van der Waals surface area contributed by atoms with E-state index in [4.69, 9.17) is 0 Å². The summed E-state index contributed by atoms with van der Waals surface area (Å²) in [4.78, 5) is 12.4. The lowest BCUT2D eigenvalue weighted by atomic mass is 10.1. The number of carbonyl (C=O) groups excluding carboxylic acids is 1. The van der Waals surface area contributed by atoms with Gasteiger partial charge in [-0.25, -0.2) is 0 Å². The van der Waals surface area contributed by atoms with E-state index in [1.165, 1.54) is 11.8 Å². The highest BCUT2D eigenvalue weighted by molar-refractivity contribution is 9.10. The molecule has 0 aliphatic heterocycles. The lowest BCUT2D eigenvalue weighted by Gasteiger charge is -2.17. The third-order valence-corrected chi connectivity index (χ3v) is 4.82. The second-order valence-electron chi connectivity index (χ2n) is 4.74. The van der Waals surface area contributed by atoms with Crippen molar-refractivity contribution in [3.05, 3.63) is 44.6 Å². The minimum absolute atomic E-state index is 0.0601. The van der Waals surface area contributed by atoms with Crippen LogP contribution in [0.15, 0.2) is 34.1 Å². The molecule has 1 atom stereocenters. The lowest BCUT2D eigenvalue weighted by Crippen LogP contribution is -2.09. The predicted octanol–water partition coefficient (Wildman–Crippen LogP) is 4.95. The van der Waals surface area contributed by atoms with Crippen LogP contribution < -0.4 is 10.6 Å². The molecule has 0 bridgehead atoms. The van der Waals surface area contributed by atoms with Gasteiger partial charge in [-0.2, -0.15) is 0 Å². The number of rotatable bonds is 4. The van der Waals surface area contributed by atoms with Crippen LogP contribution in [0.2, 0.25) is 0 Å². The van der Waals surface area contributed by atoms with Crippen LogP contribution in [-0.2, 0) is 4.79 Å². The summed E-state index contributed by atoms with van der Waals surface area (Å²) in [5.41, 5.74) is 3.00. The Morgan fingerprint density at radius 3 is 2.70 bits per heavy atom. The van der Waals surface area contributed by atoms with Gasteiger partial charge in [-0.3, -0.25) is 4.79 Å². The number of hydrogen-bond acceptors (Lipinski definition) is 3. The van der Waals surface area contributed by atoms with Crippen LogP contribution in [-0.4, -0.2) is 5.91 Å². The number of amides is 1. The van der Waals surface area contributed by atoms with E-state index in [-0.39, 0.29) is 11.9 Å². The molecule has 1 amide bonds. The Hall–Kier alpha value is -1.33. The number of benzene rings is 1. The highest BCUT2D eigenvalue weighted by atomic mass is 79.9. The van der Waals surface area contributed by atoms with Gasteiger partial charge in [-0.15, -0.1) is 11.3 Å². The van der Waals surface area contributed by atoms with Gasteiger partial charge in [0.2, 0.25) is 5.91 Å². The third kappa shape index (κ3) is 3.84. The molecule has 0 saturated carbocycles. The molecule has 0 fully saturated rings. The van der Waals surface area contributed by atoms with Crippen LogP contribution in [0.5, 0.6) is 0 Å². The Morgan fingerprint density at radius 2 is 2.10 bits per heavy atom. The number of anilines is 2. The van der Waals surface area contributed by atoms with Gasteiger partial charge in [0.05, 0.1) is 6.04 Å². The van der Waals surface area contributed by atoms with Crippen molar-refractivity contribution in [1.82, 2.24) is 0 Å². The summed E-state index contributed by atoms with van der Waals surface area (Å²) < 4.78 is 1.11. The molecule has 2 N–H and O–H groups in total. The van der Waals surface area contributed by atoms with Crippen molar-refractivity contribution in [3.63, 3.8) is 0 Å². The number of hydrogen-bond donors (Lipinski definition) is 2. The fourth-order valence-electron chi connectivity index (χ4n) is 1.92. The molecule has 0 saturated heterocycles. The molecule has 1 aromatic carbocycles. The molecule has 3 nitrogen and oxygen atoms in total. The molecule has 0 spiro atoms. The first-order valence-corrected chi connectivity index (χ1v) is 8.01. The van der Waals surface area contributed by atoms with Gasteiger partial charge in [0.1, 0.15) is 0 Å². The average molecular weight is 353 g/mol. The average Bonchev–Trinajstić information content (AvgIpc) is 2.79. The maximum absolute atomic E-state index is 11.1. The zero-order valence-electron chi connectivity index (χ0n) is 11.7. The van der Waals surface area contributed by atoms with Crippen LogP contribution >= 0.6 is 27.3 Å². The zero-order valence-corrected chi connectivity index (χ0v) is 14.1. The Kier molecular flexibility index (Phi) is 4.83. The topological polar surface area (TPSA) is 41.1 Å². The lowest BCUT2D eigenvalue weighted by molar-refractivity contribution is -0.114. The minimum atomic E-state index is -0.0601. The number of aryl methyl sites for hydroxylation is 1. The summed E-state index contributed by atoms with van der Waals surface area (Å²) in [6, 6.07) is 8.22. The Balaban J connectivity index is 2.17. The smallest absolute Gasteiger partial charge is 0.221 e. The summed E-state index contributed by atoms with van der Waals surface area (Å²) in [7, 11) is 0. The van der Waals surface area contributed by atoms with E-state index in [9.17, 15) is 4.79 Å². The van der Waals surface area contributed by atoms with Crippen molar-refractivity contribution in [2.45, 2.75) is 26.8 Å². The summed E-state index contributed by atoms with van der Waals surface area (Å²) in [5.74, 6) is -0.0601. The van der Waals surface area contributed by atoms with Crippen molar-refractivity contribution in [1.29, 1.82) is 0 Å². The van der Waals surface area contributed by atoms with Crippen molar-refractivity contribution in [2.75, 3.05) is 10.6 Å². The number of halogens is 1. The van der Waals surface area contributed by atoms with Crippen LogP contribution in [0.3, 0.4) is 0 Å². The number of thiophene rings is 1. The van der Waals surface area contributed by atoms with Gasteiger partial charge in [0.15, 0.2) is 0 Å².